The van der Waals surface area contributed by atoms with E-state index in [0.717, 1.165) is 11.8 Å². The Morgan fingerprint density at radius 3 is 1.64 bits per heavy atom. The minimum atomic E-state index is 1.00. The molecule has 0 aromatic carbocycles. The summed E-state index contributed by atoms with van der Waals surface area (Å²) in [4.78, 5) is 0. The van der Waals surface area contributed by atoms with Crippen molar-refractivity contribution in [1.82, 2.24) is 0 Å². The molecule has 1 aliphatic rings. The van der Waals surface area contributed by atoms with E-state index >= 15 is 0 Å². The van der Waals surface area contributed by atoms with Gasteiger partial charge in [-0.25, -0.2) is 5.41 Å². The molecule has 0 aliphatic heterocycles. The molecule has 1 fully saturated rings. The third-order valence-electron chi connectivity index (χ3n) is 2.54. The van der Waals surface area contributed by atoms with Crippen LogP contribution < -0.4 is 0 Å². The summed E-state index contributed by atoms with van der Waals surface area (Å²) in [6.07, 6.45) is 5.90. The van der Waals surface area contributed by atoms with Gasteiger partial charge in [-0.15, -0.1) is 0 Å². The predicted octanol–water partition coefficient (Wildman–Crippen LogP) is 3.50. The minimum absolute atomic E-state index is 1.00. The van der Waals surface area contributed by atoms with E-state index in [-0.39, 0.29) is 0 Å². The van der Waals surface area contributed by atoms with Crippen molar-refractivity contribution in [3.8, 4) is 0 Å². The van der Waals surface area contributed by atoms with Crippen LogP contribution in [0.1, 0.15) is 39.5 Å². The highest BCUT2D eigenvalue weighted by atomic mass is 32.1. The first-order chi connectivity index (χ1) is 5.22. The van der Waals surface area contributed by atoms with Crippen LogP contribution in [0, 0.1) is 17.2 Å². The van der Waals surface area contributed by atoms with Crippen molar-refractivity contribution in [2.24, 2.45) is 11.8 Å². The zero-order chi connectivity index (χ0) is 8.69. The Balaban J connectivity index is 0.000000292. The van der Waals surface area contributed by atoms with Crippen LogP contribution in [0.3, 0.4) is 0 Å². The number of hydrogen-bond donors (Lipinski definition) is 1. The van der Waals surface area contributed by atoms with E-state index in [1.54, 1.807) is 5.16 Å². The van der Waals surface area contributed by atoms with Gasteiger partial charge in [0.25, 0.3) is 0 Å². The highest BCUT2D eigenvalue weighted by molar-refractivity contribution is 7.78. The minimum Gasteiger partial charge on any atom is -0.248 e. The van der Waals surface area contributed by atoms with E-state index in [1.807, 2.05) is 0 Å². The fourth-order valence-electron chi connectivity index (χ4n) is 1.50. The van der Waals surface area contributed by atoms with Crippen molar-refractivity contribution in [2.75, 3.05) is 0 Å². The van der Waals surface area contributed by atoms with E-state index < -0.39 is 0 Å². The van der Waals surface area contributed by atoms with Crippen molar-refractivity contribution >= 4 is 17.4 Å². The van der Waals surface area contributed by atoms with Crippen molar-refractivity contribution < 1.29 is 0 Å². The Kier molecular flexibility index (Phi) is 6.39. The first kappa shape index (κ1) is 10.8. The van der Waals surface area contributed by atoms with Crippen LogP contribution in [0.5, 0.6) is 0 Å². The largest absolute Gasteiger partial charge is 0.248 e. The summed E-state index contributed by atoms with van der Waals surface area (Å²) >= 11 is 3.81. The fraction of sp³-hybridized carbons (Fsp3) is 0.889. The second-order valence-corrected chi connectivity index (χ2v) is 3.55. The number of thiocarbonyl (C=S) groups is 1. The van der Waals surface area contributed by atoms with Crippen LogP contribution in [0.4, 0.5) is 0 Å². The SMILES string of the molecule is CC1CCCCC1C.N=C=S. The molecule has 0 saturated heterocycles. The van der Waals surface area contributed by atoms with E-state index in [4.69, 9.17) is 5.41 Å². The summed E-state index contributed by atoms with van der Waals surface area (Å²) in [5, 5.41) is 7.36. The number of isothiocyanates is 1. The molecule has 0 aromatic heterocycles. The summed E-state index contributed by atoms with van der Waals surface area (Å²) in [7, 11) is 0. The van der Waals surface area contributed by atoms with Gasteiger partial charge in [-0.2, -0.15) is 0 Å². The predicted molar refractivity (Wildman–Crippen MR) is 52.1 cm³/mol. The van der Waals surface area contributed by atoms with Gasteiger partial charge in [0.15, 0.2) is 0 Å². The van der Waals surface area contributed by atoms with Crippen LogP contribution >= 0.6 is 12.2 Å². The highest BCUT2D eigenvalue weighted by Gasteiger charge is 2.15. The third-order valence-corrected chi connectivity index (χ3v) is 2.54. The van der Waals surface area contributed by atoms with Gasteiger partial charge in [-0.1, -0.05) is 39.5 Å². The maximum absolute atomic E-state index is 5.77. The normalized spacial score (nSPS) is 29.6. The van der Waals surface area contributed by atoms with Gasteiger partial charge in [0.1, 0.15) is 0 Å². The molecule has 2 atom stereocenters. The Labute approximate surface area is 74.7 Å². The summed E-state index contributed by atoms with van der Waals surface area (Å²) in [5.74, 6) is 2.01. The number of hydrogen-bond acceptors (Lipinski definition) is 2. The molecule has 0 spiro atoms. The van der Waals surface area contributed by atoms with Gasteiger partial charge < -0.3 is 0 Å². The maximum Gasteiger partial charge on any atom is 0.0554 e. The van der Waals surface area contributed by atoms with Crippen LogP contribution in [-0.2, 0) is 0 Å². The van der Waals surface area contributed by atoms with Crippen LogP contribution in [0.2, 0.25) is 0 Å². The molecule has 1 nitrogen and oxygen atoms in total. The average molecular weight is 171 g/mol. The summed E-state index contributed by atoms with van der Waals surface area (Å²) in [6, 6.07) is 0. The lowest BCUT2D eigenvalue weighted by Gasteiger charge is -2.24. The van der Waals surface area contributed by atoms with Gasteiger partial charge in [0.05, 0.1) is 5.16 Å². The third kappa shape index (κ3) is 5.11. The molecular formula is C9H17NS. The lowest BCUT2D eigenvalue weighted by molar-refractivity contribution is 0.277. The molecule has 2 heteroatoms. The zero-order valence-corrected chi connectivity index (χ0v) is 8.21. The molecule has 1 N–H and O–H groups in total. The molecule has 64 valence electrons. The van der Waals surface area contributed by atoms with Gasteiger partial charge >= 0.3 is 0 Å². The Hall–Kier alpha value is -0.200. The molecule has 2 unspecified atom stereocenters. The molecule has 1 aliphatic carbocycles. The molecule has 0 amide bonds. The van der Waals surface area contributed by atoms with Gasteiger partial charge in [-0.05, 0) is 24.1 Å². The standard InChI is InChI=1S/C8H16.CHNS/c1-7-5-3-4-6-8(7)2;2-1-3/h7-8H,3-6H2,1-2H3;2H. The second-order valence-electron chi connectivity index (χ2n) is 3.34. The number of nitrogens with one attached hydrogen (secondary N) is 1. The molecule has 1 rings (SSSR count). The van der Waals surface area contributed by atoms with Crippen LogP contribution in [0.15, 0.2) is 0 Å². The molecule has 11 heavy (non-hydrogen) atoms. The molecule has 0 bridgehead atoms. The van der Waals surface area contributed by atoms with E-state index in [0.29, 0.717) is 0 Å². The monoisotopic (exact) mass is 171 g/mol. The maximum atomic E-state index is 5.77. The van der Waals surface area contributed by atoms with Crippen molar-refractivity contribution in [1.29, 1.82) is 5.41 Å². The first-order valence-electron chi connectivity index (χ1n) is 4.26. The fourth-order valence-corrected chi connectivity index (χ4v) is 1.50. The molecule has 0 radical (unpaired) electrons. The summed E-state index contributed by atoms with van der Waals surface area (Å²) in [5.41, 5.74) is 0. The Bertz CT molecular complexity index is 118. The Morgan fingerprint density at radius 1 is 1.18 bits per heavy atom. The quantitative estimate of drug-likeness (QED) is 0.437. The van der Waals surface area contributed by atoms with Gasteiger partial charge in [0.2, 0.25) is 0 Å². The second kappa shape index (κ2) is 6.51. The van der Waals surface area contributed by atoms with Crippen LogP contribution in [-0.4, -0.2) is 5.16 Å². The topological polar surface area (TPSA) is 23.9 Å². The van der Waals surface area contributed by atoms with Gasteiger partial charge in [-0.3, -0.25) is 0 Å². The molecule has 1 saturated carbocycles. The number of rotatable bonds is 0. The lowest BCUT2D eigenvalue weighted by Crippen LogP contribution is -2.12. The zero-order valence-electron chi connectivity index (χ0n) is 7.39. The van der Waals surface area contributed by atoms with E-state index in [9.17, 15) is 0 Å². The van der Waals surface area contributed by atoms with Crippen molar-refractivity contribution in [3.63, 3.8) is 0 Å². The molecule has 0 heterocycles. The van der Waals surface area contributed by atoms with E-state index in [1.165, 1.54) is 25.7 Å². The molecule has 0 aromatic rings. The average Bonchev–Trinajstić information content (AvgIpc) is 1.97. The van der Waals surface area contributed by atoms with Crippen molar-refractivity contribution in [3.05, 3.63) is 0 Å². The highest BCUT2D eigenvalue weighted by Crippen LogP contribution is 2.28. The van der Waals surface area contributed by atoms with Crippen molar-refractivity contribution in [2.45, 2.75) is 39.5 Å². The molecular weight excluding hydrogens is 154 g/mol. The van der Waals surface area contributed by atoms with E-state index in [2.05, 4.69) is 26.1 Å². The Morgan fingerprint density at radius 2 is 1.45 bits per heavy atom. The van der Waals surface area contributed by atoms with Gasteiger partial charge in [0, 0.05) is 0 Å². The summed E-state index contributed by atoms with van der Waals surface area (Å²) < 4.78 is 0. The first-order valence-corrected chi connectivity index (χ1v) is 4.67. The lowest BCUT2D eigenvalue weighted by atomic mass is 9.82. The van der Waals surface area contributed by atoms with Crippen LogP contribution in [0.25, 0.3) is 0 Å². The smallest absolute Gasteiger partial charge is 0.0554 e. The summed E-state index contributed by atoms with van der Waals surface area (Å²) in [6.45, 7) is 4.76.